The summed E-state index contributed by atoms with van der Waals surface area (Å²) >= 11 is 0. The fourth-order valence-corrected chi connectivity index (χ4v) is 3.18. The van der Waals surface area contributed by atoms with Crippen molar-refractivity contribution in [3.8, 4) is 0 Å². The highest BCUT2D eigenvalue weighted by Gasteiger charge is 2.25. The summed E-state index contributed by atoms with van der Waals surface area (Å²) in [6.07, 6.45) is 0.790. The molecular formula is C15H21N5O2. The second-order valence-electron chi connectivity index (χ2n) is 5.82. The number of fused-ring (bicyclic) bond motifs is 1. The number of aryl methyl sites for hydroxylation is 2. The van der Waals surface area contributed by atoms with Crippen molar-refractivity contribution in [1.29, 1.82) is 0 Å². The summed E-state index contributed by atoms with van der Waals surface area (Å²) in [5, 5.41) is 11.5. The lowest BCUT2D eigenvalue weighted by Crippen LogP contribution is -2.47. The largest absolute Gasteiger partial charge is 0.465 e. The molecule has 3 rings (SSSR count). The molecule has 2 heterocycles. The molecule has 0 spiro atoms. The Labute approximate surface area is 128 Å². The van der Waals surface area contributed by atoms with Gasteiger partial charge in [-0.1, -0.05) is 0 Å². The van der Waals surface area contributed by atoms with Crippen LogP contribution in [0.2, 0.25) is 0 Å². The highest BCUT2D eigenvalue weighted by Crippen LogP contribution is 2.34. The molecule has 2 aromatic rings. The average molecular weight is 303 g/mol. The van der Waals surface area contributed by atoms with E-state index in [9.17, 15) is 4.79 Å². The van der Waals surface area contributed by atoms with Gasteiger partial charge in [0.1, 0.15) is 11.3 Å². The van der Waals surface area contributed by atoms with E-state index in [1.54, 1.807) is 0 Å². The molecule has 1 unspecified atom stereocenters. The van der Waals surface area contributed by atoms with Gasteiger partial charge in [-0.15, -0.1) is 0 Å². The van der Waals surface area contributed by atoms with Crippen molar-refractivity contribution in [2.45, 2.75) is 25.8 Å². The van der Waals surface area contributed by atoms with Gasteiger partial charge in [0.05, 0.1) is 16.9 Å². The topological polar surface area (TPSA) is 96.4 Å². The van der Waals surface area contributed by atoms with Crippen molar-refractivity contribution in [2.75, 3.05) is 23.7 Å². The van der Waals surface area contributed by atoms with Crippen molar-refractivity contribution in [3.63, 3.8) is 0 Å². The Kier molecular flexibility index (Phi) is 3.56. The normalized spacial score (nSPS) is 18.6. The number of hydrogen-bond donors (Lipinski definition) is 3. The molecule has 0 saturated carbocycles. The maximum atomic E-state index is 10.9. The number of nitrogens with one attached hydrogen (secondary N) is 1. The Bertz CT molecular complexity index is 724. The van der Waals surface area contributed by atoms with Crippen LogP contribution in [0, 0.1) is 6.92 Å². The van der Waals surface area contributed by atoms with E-state index < -0.39 is 6.09 Å². The zero-order valence-electron chi connectivity index (χ0n) is 12.8. The quantitative estimate of drug-likeness (QED) is 0.734. The molecule has 0 aliphatic carbocycles. The molecule has 1 aromatic carbocycles. The van der Waals surface area contributed by atoms with E-state index in [0.717, 1.165) is 41.9 Å². The number of piperidine rings is 1. The lowest BCUT2D eigenvalue weighted by Gasteiger charge is -2.35. The van der Waals surface area contributed by atoms with E-state index in [1.807, 2.05) is 30.7 Å². The van der Waals surface area contributed by atoms with Crippen LogP contribution in [0.1, 0.15) is 18.7 Å². The van der Waals surface area contributed by atoms with Crippen LogP contribution >= 0.6 is 0 Å². The van der Waals surface area contributed by atoms with Gasteiger partial charge in [0.2, 0.25) is 0 Å². The molecule has 0 bridgehead atoms. The van der Waals surface area contributed by atoms with Gasteiger partial charge >= 0.3 is 6.09 Å². The van der Waals surface area contributed by atoms with Crippen molar-refractivity contribution < 1.29 is 9.90 Å². The molecule has 1 aliphatic rings. The fraction of sp³-hybridized carbons (Fsp3) is 0.467. The van der Waals surface area contributed by atoms with E-state index in [4.69, 9.17) is 10.8 Å². The standard InChI is InChI=1S/C15H21N5O2/c1-9-17-13-12(19(9)2)6-5-11(16)14(13)20-7-3-4-10(8-20)18-15(21)22/h5-6,10,18H,3-4,7-8,16H2,1-2H3,(H,21,22). The van der Waals surface area contributed by atoms with Crippen LogP contribution in [-0.4, -0.2) is 39.9 Å². The summed E-state index contributed by atoms with van der Waals surface area (Å²) in [4.78, 5) is 17.7. The molecule has 4 N–H and O–H groups in total. The predicted molar refractivity (Wildman–Crippen MR) is 86.3 cm³/mol. The zero-order chi connectivity index (χ0) is 15.9. The number of rotatable bonds is 2. The van der Waals surface area contributed by atoms with Crippen LogP contribution < -0.4 is 16.0 Å². The second-order valence-corrected chi connectivity index (χ2v) is 5.82. The van der Waals surface area contributed by atoms with E-state index in [1.165, 1.54) is 0 Å². The average Bonchev–Trinajstić information content (AvgIpc) is 2.73. The summed E-state index contributed by atoms with van der Waals surface area (Å²) in [5.41, 5.74) is 9.71. The van der Waals surface area contributed by atoms with Gasteiger partial charge in [-0.05, 0) is 31.9 Å². The van der Waals surface area contributed by atoms with Crippen molar-refractivity contribution in [2.24, 2.45) is 7.05 Å². The second kappa shape index (κ2) is 5.40. The first-order valence-electron chi connectivity index (χ1n) is 7.43. The van der Waals surface area contributed by atoms with Gasteiger partial charge < -0.3 is 25.6 Å². The van der Waals surface area contributed by atoms with Gasteiger partial charge in [0.15, 0.2) is 0 Å². The third-order valence-electron chi connectivity index (χ3n) is 4.35. The van der Waals surface area contributed by atoms with Gasteiger partial charge in [-0.2, -0.15) is 0 Å². The Hall–Kier alpha value is -2.44. The summed E-state index contributed by atoms with van der Waals surface area (Å²) in [5.74, 6) is 0.930. The minimum absolute atomic E-state index is 0.0780. The predicted octanol–water partition coefficient (Wildman–Crippen LogP) is 1.70. The summed E-state index contributed by atoms with van der Waals surface area (Å²) in [7, 11) is 1.98. The molecule has 118 valence electrons. The van der Waals surface area contributed by atoms with E-state index in [2.05, 4.69) is 15.2 Å². The highest BCUT2D eigenvalue weighted by molar-refractivity contribution is 5.96. The Morgan fingerprint density at radius 2 is 2.27 bits per heavy atom. The maximum Gasteiger partial charge on any atom is 0.404 e. The monoisotopic (exact) mass is 303 g/mol. The molecule has 1 aliphatic heterocycles. The number of hydrogen-bond acceptors (Lipinski definition) is 4. The van der Waals surface area contributed by atoms with Crippen LogP contribution in [0.3, 0.4) is 0 Å². The van der Waals surface area contributed by atoms with Crippen LogP contribution in [0.15, 0.2) is 12.1 Å². The minimum Gasteiger partial charge on any atom is -0.465 e. The number of nitrogens with zero attached hydrogens (tertiary/aromatic N) is 3. The number of carbonyl (C=O) groups is 1. The van der Waals surface area contributed by atoms with Crippen LogP contribution in [0.4, 0.5) is 16.2 Å². The zero-order valence-corrected chi connectivity index (χ0v) is 12.8. The summed E-state index contributed by atoms with van der Waals surface area (Å²) in [6.45, 7) is 3.44. The number of aromatic nitrogens is 2. The number of nitrogen functional groups attached to an aromatic ring is 1. The summed E-state index contributed by atoms with van der Waals surface area (Å²) in [6, 6.07) is 3.80. The number of amides is 1. The van der Waals surface area contributed by atoms with Gasteiger partial charge in [0.25, 0.3) is 0 Å². The highest BCUT2D eigenvalue weighted by atomic mass is 16.4. The molecule has 22 heavy (non-hydrogen) atoms. The molecule has 1 aromatic heterocycles. The Morgan fingerprint density at radius 3 is 3.00 bits per heavy atom. The van der Waals surface area contributed by atoms with E-state index in [0.29, 0.717) is 12.2 Å². The van der Waals surface area contributed by atoms with Crippen molar-refractivity contribution in [1.82, 2.24) is 14.9 Å². The van der Waals surface area contributed by atoms with Crippen LogP contribution in [-0.2, 0) is 7.05 Å². The van der Waals surface area contributed by atoms with Crippen molar-refractivity contribution in [3.05, 3.63) is 18.0 Å². The smallest absolute Gasteiger partial charge is 0.404 e. The molecule has 1 fully saturated rings. The Balaban J connectivity index is 2.00. The third kappa shape index (κ3) is 2.43. The third-order valence-corrected chi connectivity index (χ3v) is 4.35. The van der Waals surface area contributed by atoms with E-state index in [-0.39, 0.29) is 6.04 Å². The molecule has 0 radical (unpaired) electrons. The first-order chi connectivity index (χ1) is 10.5. The van der Waals surface area contributed by atoms with Gasteiger partial charge in [0, 0.05) is 26.2 Å². The molecule has 1 amide bonds. The number of benzene rings is 1. The number of imidazole rings is 1. The lowest BCUT2D eigenvalue weighted by atomic mass is 10.0. The molecule has 1 atom stereocenters. The number of nitrogens with two attached hydrogens (primary N) is 1. The minimum atomic E-state index is -0.980. The molecule has 7 heteroatoms. The first kappa shape index (κ1) is 14.5. The molecule has 7 nitrogen and oxygen atoms in total. The van der Waals surface area contributed by atoms with Gasteiger partial charge in [-0.3, -0.25) is 0 Å². The number of anilines is 2. The Morgan fingerprint density at radius 1 is 1.50 bits per heavy atom. The molecule has 1 saturated heterocycles. The SMILES string of the molecule is Cc1nc2c(N3CCCC(NC(=O)O)C3)c(N)ccc2n1C. The van der Waals surface area contributed by atoms with E-state index >= 15 is 0 Å². The van der Waals surface area contributed by atoms with Crippen molar-refractivity contribution >= 4 is 28.5 Å². The van der Waals surface area contributed by atoms with Crippen LogP contribution in [0.5, 0.6) is 0 Å². The number of carboxylic acid groups (broad SMARTS) is 1. The van der Waals surface area contributed by atoms with Crippen LogP contribution in [0.25, 0.3) is 11.0 Å². The molecular weight excluding hydrogens is 282 g/mol. The maximum absolute atomic E-state index is 10.9. The first-order valence-corrected chi connectivity index (χ1v) is 7.43. The lowest BCUT2D eigenvalue weighted by molar-refractivity contribution is 0.188. The van der Waals surface area contributed by atoms with Gasteiger partial charge in [-0.25, -0.2) is 9.78 Å². The fourth-order valence-electron chi connectivity index (χ4n) is 3.18. The summed E-state index contributed by atoms with van der Waals surface area (Å²) < 4.78 is 2.04.